The largest absolute Gasteiger partial charge is 0.492 e. The van der Waals surface area contributed by atoms with E-state index < -0.39 is 0 Å². The van der Waals surface area contributed by atoms with Crippen LogP contribution in [-0.4, -0.2) is 18.5 Å². The van der Waals surface area contributed by atoms with Crippen LogP contribution in [-0.2, 0) is 16.1 Å². The highest BCUT2D eigenvalue weighted by Crippen LogP contribution is 2.14. The normalized spacial score (nSPS) is 9.73. The van der Waals surface area contributed by atoms with Crippen LogP contribution in [0.5, 0.6) is 5.75 Å². The van der Waals surface area contributed by atoms with Gasteiger partial charge in [0.1, 0.15) is 19.0 Å². The summed E-state index contributed by atoms with van der Waals surface area (Å²) in [6, 6.07) is 7.39. The summed E-state index contributed by atoms with van der Waals surface area (Å²) in [5, 5.41) is 0. The molecule has 0 bridgehead atoms. The predicted octanol–water partition coefficient (Wildman–Crippen LogP) is 2.37. The molecule has 0 unspecified atom stereocenters. The summed E-state index contributed by atoms with van der Waals surface area (Å²) < 4.78 is 10.2. The van der Waals surface area contributed by atoms with Crippen molar-refractivity contribution in [2.45, 2.75) is 13.5 Å². The maximum Gasteiger partial charge on any atom is 0.302 e. The average Bonchev–Trinajstić information content (AvgIpc) is 2.24. The van der Waals surface area contributed by atoms with E-state index >= 15 is 0 Å². The van der Waals surface area contributed by atoms with Gasteiger partial charge in [0.05, 0.1) is 5.88 Å². The quantitative estimate of drug-likeness (QED) is 0.573. The van der Waals surface area contributed by atoms with E-state index in [0.29, 0.717) is 12.5 Å². The molecule has 0 aliphatic heterocycles. The lowest BCUT2D eigenvalue weighted by Gasteiger charge is -2.06. The minimum atomic E-state index is -0.290. The van der Waals surface area contributed by atoms with E-state index in [9.17, 15) is 4.79 Å². The molecule has 0 aromatic heterocycles. The molecular formula is C11H13ClO3. The Morgan fingerprint density at radius 3 is 2.93 bits per heavy atom. The van der Waals surface area contributed by atoms with Crippen molar-refractivity contribution in [2.75, 3.05) is 12.5 Å². The van der Waals surface area contributed by atoms with Gasteiger partial charge >= 0.3 is 5.97 Å². The molecule has 0 N–H and O–H groups in total. The van der Waals surface area contributed by atoms with Crippen LogP contribution in [0.25, 0.3) is 0 Å². The zero-order valence-corrected chi connectivity index (χ0v) is 9.29. The molecule has 82 valence electrons. The topological polar surface area (TPSA) is 35.5 Å². The fourth-order valence-electron chi connectivity index (χ4n) is 1.07. The van der Waals surface area contributed by atoms with E-state index in [1.54, 1.807) is 0 Å². The van der Waals surface area contributed by atoms with Gasteiger partial charge in [0.15, 0.2) is 0 Å². The molecule has 0 heterocycles. The first kappa shape index (κ1) is 11.9. The molecule has 0 saturated heterocycles. The van der Waals surface area contributed by atoms with Gasteiger partial charge in [-0.1, -0.05) is 12.1 Å². The highest BCUT2D eigenvalue weighted by Gasteiger charge is 1.99. The van der Waals surface area contributed by atoms with Crippen LogP contribution in [0.4, 0.5) is 0 Å². The molecule has 0 fully saturated rings. The number of hydrogen-bond acceptors (Lipinski definition) is 3. The van der Waals surface area contributed by atoms with E-state index in [4.69, 9.17) is 21.1 Å². The van der Waals surface area contributed by atoms with Crippen LogP contribution < -0.4 is 4.74 Å². The fourth-order valence-corrected chi connectivity index (χ4v) is 1.14. The van der Waals surface area contributed by atoms with Crippen molar-refractivity contribution in [2.24, 2.45) is 0 Å². The first-order valence-electron chi connectivity index (χ1n) is 4.63. The van der Waals surface area contributed by atoms with Crippen molar-refractivity contribution in [3.05, 3.63) is 29.8 Å². The number of benzene rings is 1. The van der Waals surface area contributed by atoms with E-state index in [2.05, 4.69) is 0 Å². The number of rotatable bonds is 5. The lowest BCUT2D eigenvalue weighted by atomic mass is 10.2. The number of esters is 1. The van der Waals surface area contributed by atoms with Gasteiger partial charge in [0, 0.05) is 6.92 Å². The van der Waals surface area contributed by atoms with Crippen molar-refractivity contribution < 1.29 is 14.3 Å². The van der Waals surface area contributed by atoms with Gasteiger partial charge in [-0.05, 0) is 17.7 Å². The van der Waals surface area contributed by atoms with E-state index in [1.807, 2.05) is 24.3 Å². The average molecular weight is 229 g/mol. The van der Waals surface area contributed by atoms with Crippen molar-refractivity contribution in [3.63, 3.8) is 0 Å². The van der Waals surface area contributed by atoms with Crippen molar-refractivity contribution in [3.8, 4) is 5.75 Å². The molecular weight excluding hydrogens is 216 g/mol. The second-order valence-electron chi connectivity index (χ2n) is 2.97. The minimum Gasteiger partial charge on any atom is -0.492 e. The molecule has 4 heteroatoms. The smallest absolute Gasteiger partial charge is 0.302 e. The number of alkyl halides is 1. The lowest BCUT2D eigenvalue weighted by molar-refractivity contribution is -0.142. The summed E-state index contributed by atoms with van der Waals surface area (Å²) in [7, 11) is 0. The summed E-state index contributed by atoms with van der Waals surface area (Å²) in [6.07, 6.45) is 0. The molecule has 0 amide bonds. The third-order valence-corrected chi connectivity index (χ3v) is 1.84. The number of carbonyl (C=O) groups excluding carboxylic acids is 1. The van der Waals surface area contributed by atoms with Crippen molar-refractivity contribution >= 4 is 17.6 Å². The third-order valence-electron chi connectivity index (χ3n) is 1.69. The van der Waals surface area contributed by atoms with Crippen LogP contribution in [0, 0.1) is 0 Å². The van der Waals surface area contributed by atoms with Crippen LogP contribution in [0.2, 0.25) is 0 Å². The molecule has 1 aromatic rings. The molecule has 0 radical (unpaired) electrons. The van der Waals surface area contributed by atoms with E-state index in [1.165, 1.54) is 6.92 Å². The Hall–Kier alpha value is -1.22. The Morgan fingerprint density at radius 2 is 2.27 bits per heavy atom. The summed E-state index contributed by atoms with van der Waals surface area (Å²) >= 11 is 5.50. The summed E-state index contributed by atoms with van der Waals surface area (Å²) in [5.41, 5.74) is 0.900. The van der Waals surface area contributed by atoms with Gasteiger partial charge in [-0.3, -0.25) is 4.79 Å². The Balaban J connectivity index is 2.53. The van der Waals surface area contributed by atoms with Crippen LogP contribution in [0.15, 0.2) is 24.3 Å². The summed E-state index contributed by atoms with van der Waals surface area (Å²) in [5.74, 6) is 0.899. The Bertz CT molecular complexity index is 325. The maximum atomic E-state index is 10.6. The van der Waals surface area contributed by atoms with Crippen LogP contribution in [0.3, 0.4) is 0 Å². The van der Waals surface area contributed by atoms with Gasteiger partial charge in [-0.25, -0.2) is 0 Å². The van der Waals surface area contributed by atoms with Gasteiger partial charge < -0.3 is 9.47 Å². The molecule has 1 rings (SSSR count). The minimum absolute atomic E-state index is 0.271. The second-order valence-corrected chi connectivity index (χ2v) is 3.34. The standard InChI is InChI=1S/C11H13ClO3/c1-9(13)15-8-10-3-2-4-11(7-10)14-6-5-12/h2-4,7H,5-6,8H2,1H3. The first-order chi connectivity index (χ1) is 7.22. The zero-order valence-electron chi connectivity index (χ0n) is 8.53. The molecule has 0 saturated carbocycles. The maximum absolute atomic E-state index is 10.6. The molecule has 0 spiro atoms. The monoisotopic (exact) mass is 228 g/mol. The summed E-state index contributed by atoms with van der Waals surface area (Å²) in [4.78, 5) is 10.6. The number of hydrogen-bond donors (Lipinski definition) is 0. The predicted molar refractivity (Wildman–Crippen MR) is 58.1 cm³/mol. The Labute approximate surface area is 93.9 Å². The molecule has 1 aromatic carbocycles. The fraction of sp³-hybridized carbons (Fsp3) is 0.364. The molecule has 15 heavy (non-hydrogen) atoms. The lowest BCUT2D eigenvalue weighted by Crippen LogP contribution is -2.01. The molecule has 0 atom stereocenters. The van der Waals surface area contributed by atoms with Crippen molar-refractivity contribution in [1.29, 1.82) is 0 Å². The molecule has 0 aliphatic rings. The molecule has 0 aliphatic carbocycles. The Morgan fingerprint density at radius 1 is 1.47 bits per heavy atom. The SMILES string of the molecule is CC(=O)OCc1cccc(OCCCl)c1. The van der Waals surface area contributed by atoms with E-state index in [-0.39, 0.29) is 12.6 Å². The third kappa shape index (κ3) is 4.70. The summed E-state index contributed by atoms with van der Waals surface area (Å²) in [6.45, 7) is 2.12. The Kier molecular flexibility index (Phi) is 4.98. The van der Waals surface area contributed by atoms with Gasteiger partial charge in [-0.2, -0.15) is 0 Å². The second kappa shape index (κ2) is 6.30. The van der Waals surface area contributed by atoms with Crippen LogP contribution in [0.1, 0.15) is 12.5 Å². The highest BCUT2D eigenvalue weighted by atomic mass is 35.5. The molecule has 3 nitrogen and oxygen atoms in total. The zero-order chi connectivity index (χ0) is 11.1. The number of ether oxygens (including phenoxy) is 2. The van der Waals surface area contributed by atoms with Gasteiger partial charge in [-0.15, -0.1) is 11.6 Å². The number of carbonyl (C=O) groups is 1. The highest BCUT2D eigenvalue weighted by molar-refractivity contribution is 6.17. The van der Waals surface area contributed by atoms with Crippen LogP contribution >= 0.6 is 11.6 Å². The van der Waals surface area contributed by atoms with Gasteiger partial charge in [0.25, 0.3) is 0 Å². The first-order valence-corrected chi connectivity index (χ1v) is 5.17. The number of halogens is 1. The van der Waals surface area contributed by atoms with Crippen molar-refractivity contribution in [1.82, 2.24) is 0 Å². The van der Waals surface area contributed by atoms with Gasteiger partial charge in [0.2, 0.25) is 0 Å². The van der Waals surface area contributed by atoms with E-state index in [0.717, 1.165) is 11.3 Å².